The van der Waals surface area contributed by atoms with Crippen LogP contribution in [0.1, 0.15) is 4.88 Å². The number of nitrogens with one attached hydrogen (secondary N) is 1. The minimum absolute atomic E-state index is 0.772. The topological polar surface area (TPSA) is 38.0 Å². The molecule has 1 heterocycles. The van der Waals surface area contributed by atoms with E-state index < -0.39 is 0 Å². The lowest BCUT2D eigenvalue weighted by molar-refractivity contribution is 1.20. The second-order valence-corrected chi connectivity index (χ2v) is 5.60. The van der Waals surface area contributed by atoms with Gasteiger partial charge in [-0.25, -0.2) is 0 Å². The molecular weight excluding hydrogens is 264 g/mol. The van der Waals surface area contributed by atoms with Gasteiger partial charge in [0.2, 0.25) is 0 Å². The van der Waals surface area contributed by atoms with Gasteiger partial charge in [-0.1, -0.05) is 42.5 Å². The highest BCUT2D eigenvalue weighted by Crippen LogP contribution is 2.23. The van der Waals surface area contributed by atoms with E-state index in [9.17, 15) is 0 Å². The number of hydrogen-bond donors (Lipinski definition) is 2. The van der Waals surface area contributed by atoms with Crippen LogP contribution in [0.25, 0.3) is 11.1 Å². The van der Waals surface area contributed by atoms with Gasteiger partial charge in [0, 0.05) is 16.3 Å². The van der Waals surface area contributed by atoms with Crippen LogP contribution in [0, 0.1) is 0 Å². The van der Waals surface area contributed by atoms with Gasteiger partial charge in [0.05, 0.1) is 6.54 Å². The molecule has 3 rings (SSSR count). The Morgan fingerprint density at radius 2 is 1.55 bits per heavy atom. The highest BCUT2D eigenvalue weighted by atomic mass is 32.1. The fourth-order valence-electron chi connectivity index (χ4n) is 2.09. The van der Waals surface area contributed by atoms with Crippen LogP contribution in [0.5, 0.6) is 0 Å². The highest BCUT2D eigenvalue weighted by Gasteiger charge is 2.01. The van der Waals surface area contributed by atoms with Crippen molar-refractivity contribution in [2.24, 2.45) is 0 Å². The molecule has 0 fully saturated rings. The zero-order valence-electron chi connectivity index (χ0n) is 11.0. The molecular formula is C17H16N2S. The number of hydrogen-bond acceptors (Lipinski definition) is 3. The van der Waals surface area contributed by atoms with Crippen LogP contribution in [-0.4, -0.2) is 0 Å². The van der Waals surface area contributed by atoms with E-state index in [2.05, 4.69) is 53.8 Å². The average molecular weight is 280 g/mol. The number of benzene rings is 2. The molecule has 100 valence electrons. The largest absolute Gasteiger partial charge is 0.398 e. The van der Waals surface area contributed by atoms with Crippen molar-refractivity contribution in [3.8, 4) is 11.1 Å². The molecule has 0 spiro atoms. The number of nitrogens with two attached hydrogens (primary N) is 1. The summed E-state index contributed by atoms with van der Waals surface area (Å²) in [5.41, 5.74) is 10.3. The first kappa shape index (κ1) is 12.8. The Kier molecular flexibility index (Phi) is 3.70. The van der Waals surface area contributed by atoms with E-state index in [-0.39, 0.29) is 0 Å². The van der Waals surface area contributed by atoms with Crippen molar-refractivity contribution in [1.82, 2.24) is 0 Å². The number of nitrogen functional groups attached to an aromatic ring is 1. The Hall–Kier alpha value is -2.26. The smallest absolute Gasteiger partial charge is 0.0514 e. The predicted octanol–water partition coefficient (Wildman–Crippen LogP) is 4.61. The number of rotatable bonds is 4. The summed E-state index contributed by atoms with van der Waals surface area (Å²) in [6.45, 7) is 0.772. The molecule has 0 radical (unpaired) electrons. The molecule has 20 heavy (non-hydrogen) atoms. The highest BCUT2D eigenvalue weighted by molar-refractivity contribution is 7.10. The molecule has 0 unspecified atom stereocenters. The SMILES string of the molecule is Nc1ccsc1CNc1ccc(-c2ccccc2)cc1. The standard InChI is InChI=1S/C17H16N2S/c18-16-10-11-20-17(16)12-19-15-8-6-14(7-9-15)13-4-2-1-3-5-13/h1-11,19H,12,18H2. The van der Waals surface area contributed by atoms with Gasteiger partial charge in [-0.05, 0) is 34.7 Å². The Morgan fingerprint density at radius 3 is 2.20 bits per heavy atom. The van der Waals surface area contributed by atoms with Crippen LogP contribution < -0.4 is 11.1 Å². The second kappa shape index (κ2) is 5.80. The van der Waals surface area contributed by atoms with Crippen LogP contribution in [0.4, 0.5) is 11.4 Å². The summed E-state index contributed by atoms with van der Waals surface area (Å²) in [5, 5.41) is 5.42. The van der Waals surface area contributed by atoms with Crippen LogP contribution in [-0.2, 0) is 6.54 Å². The van der Waals surface area contributed by atoms with Crippen molar-refractivity contribution < 1.29 is 0 Å². The van der Waals surface area contributed by atoms with E-state index in [1.165, 1.54) is 16.0 Å². The van der Waals surface area contributed by atoms with Gasteiger partial charge in [-0.15, -0.1) is 11.3 Å². The van der Waals surface area contributed by atoms with Crippen molar-refractivity contribution >= 4 is 22.7 Å². The molecule has 3 heteroatoms. The molecule has 0 aliphatic rings. The third kappa shape index (κ3) is 2.83. The molecule has 0 aliphatic heterocycles. The summed E-state index contributed by atoms with van der Waals surface area (Å²) >= 11 is 1.68. The molecule has 3 N–H and O–H groups in total. The van der Waals surface area contributed by atoms with Gasteiger partial charge in [0.15, 0.2) is 0 Å². The van der Waals surface area contributed by atoms with Crippen LogP contribution in [0.15, 0.2) is 66.0 Å². The normalized spacial score (nSPS) is 10.4. The van der Waals surface area contributed by atoms with E-state index >= 15 is 0 Å². The first-order valence-electron chi connectivity index (χ1n) is 6.54. The molecule has 2 nitrogen and oxygen atoms in total. The molecule has 1 aromatic heterocycles. The fraction of sp³-hybridized carbons (Fsp3) is 0.0588. The van der Waals surface area contributed by atoms with Crippen LogP contribution >= 0.6 is 11.3 Å². The molecule has 0 atom stereocenters. The third-order valence-corrected chi connectivity index (χ3v) is 4.16. The summed E-state index contributed by atoms with van der Waals surface area (Å²) in [5.74, 6) is 0. The molecule has 0 bridgehead atoms. The Bertz CT molecular complexity index is 672. The van der Waals surface area contributed by atoms with Gasteiger partial charge in [0.25, 0.3) is 0 Å². The molecule has 0 saturated carbocycles. The summed E-state index contributed by atoms with van der Waals surface area (Å²) in [6.07, 6.45) is 0. The summed E-state index contributed by atoms with van der Waals surface area (Å²) in [6, 6.07) is 20.8. The molecule has 2 aromatic carbocycles. The zero-order chi connectivity index (χ0) is 13.8. The monoisotopic (exact) mass is 280 g/mol. The van der Waals surface area contributed by atoms with E-state index in [1.54, 1.807) is 11.3 Å². The lowest BCUT2D eigenvalue weighted by Crippen LogP contribution is -1.99. The second-order valence-electron chi connectivity index (χ2n) is 4.60. The van der Waals surface area contributed by atoms with Gasteiger partial charge in [-0.2, -0.15) is 0 Å². The maximum absolute atomic E-state index is 5.88. The van der Waals surface area contributed by atoms with E-state index in [0.29, 0.717) is 0 Å². The zero-order valence-corrected chi connectivity index (χ0v) is 11.9. The number of anilines is 2. The van der Waals surface area contributed by atoms with Crippen LogP contribution in [0.3, 0.4) is 0 Å². The fourth-order valence-corrected chi connectivity index (χ4v) is 2.83. The van der Waals surface area contributed by atoms with Crippen molar-refractivity contribution in [2.45, 2.75) is 6.54 Å². The minimum atomic E-state index is 0.772. The summed E-state index contributed by atoms with van der Waals surface area (Å²) < 4.78 is 0. The van der Waals surface area contributed by atoms with E-state index in [0.717, 1.165) is 17.9 Å². The van der Waals surface area contributed by atoms with Gasteiger partial charge < -0.3 is 11.1 Å². The lowest BCUT2D eigenvalue weighted by Gasteiger charge is -2.07. The summed E-state index contributed by atoms with van der Waals surface area (Å²) in [7, 11) is 0. The molecule has 0 saturated heterocycles. The van der Waals surface area contributed by atoms with E-state index in [1.807, 2.05) is 17.5 Å². The molecule has 0 amide bonds. The lowest BCUT2D eigenvalue weighted by atomic mass is 10.1. The maximum atomic E-state index is 5.88. The van der Waals surface area contributed by atoms with Crippen molar-refractivity contribution in [2.75, 3.05) is 11.1 Å². The summed E-state index contributed by atoms with van der Waals surface area (Å²) in [4.78, 5) is 1.18. The van der Waals surface area contributed by atoms with Crippen molar-refractivity contribution in [3.63, 3.8) is 0 Å². The minimum Gasteiger partial charge on any atom is -0.398 e. The van der Waals surface area contributed by atoms with Gasteiger partial charge >= 0.3 is 0 Å². The van der Waals surface area contributed by atoms with E-state index in [4.69, 9.17) is 5.73 Å². The predicted molar refractivity (Wildman–Crippen MR) is 87.9 cm³/mol. The van der Waals surface area contributed by atoms with Crippen LogP contribution in [0.2, 0.25) is 0 Å². The van der Waals surface area contributed by atoms with Crippen molar-refractivity contribution in [3.05, 3.63) is 70.9 Å². The molecule has 3 aromatic rings. The third-order valence-electron chi connectivity index (χ3n) is 3.22. The van der Waals surface area contributed by atoms with Crippen molar-refractivity contribution in [1.29, 1.82) is 0 Å². The van der Waals surface area contributed by atoms with Gasteiger partial charge in [-0.3, -0.25) is 0 Å². The van der Waals surface area contributed by atoms with Gasteiger partial charge in [0.1, 0.15) is 0 Å². The molecule has 0 aliphatic carbocycles. The average Bonchev–Trinajstić information content (AvgIpc) is 2.92. The first-order chi connectivity index (χ1) is 9.83. The maximum Gasteiger partial charge on any atom is 0.0514 e. The Labute approximate surface area is 122 Å². The Balaban J connectivity index is 1.69. The number of thiophene rings is 1. The Morgan fingerprint density at radius 1 is 0.850 bits per heavy atom. The first-order valence-corrected chi connectivity index (χ1v) is 7.42. The quantitative estimate of drug-likeness (QED) is 0.732.